The van der Waals surface area contributed by atoms with Gasteiger partial charge in [-0.05, 0) is 25.5 Å². The summed E-state index contributed by atoms with van der Waals surface area (Å²) in [5.41, 5.74) is 0.914. The average molecular weight is 272 g/mol. The molecule has 0 unspecified atom stereocenters. The molecule has 0 spiro atoms. The maximum Gasteiger partial charge on any atom is 0.334 e. The molecule has 1 aromatic rings. The highest BCUT2D eigenvalue weighted by molar-refractivity contribution is 7.86. The SMILES string of the molecule is CCC[C@H](OS(=O)(=O)c1ccc(C)cc1)C(=O)O. The van der Waals surface area contributed by atoms with E-state index >= 15 is 0 Å². The minimum atomic E-state index is -4.02. The van der Waals surface area contributed by atoms with Crippen molar-refractivity contribution in [1.82, 2.24) is 0 Å². The van der Waals surface area contributed by atoms with Gasteiger partial charge >= 0.3 is 5.97 Å². The van der Waals surface area contributed by atoms with E-state index in [0.717, 1.165) is 5.56 Å². The summed E-state index contributed by atoms with van der Waals surface area (Å²) >= 11 is 0. The first-order valence-electron chi connectivity index (χ1n) is 5.59. The highest BCUT2D eigenvalue weighted by atomic mass is 32.2. The fraction of sp³-hybridized carbons (Fsp3) is 0.417. The summed E-state index contributed by atoms with van der Waals surface area (Å²) < 4.78 is 28.4. The van der Waals surface area contributed by atoms with E-state index in [1.165, 1.54) is 12.1 Å². The number of aryl methyl sites for hydroxylation is 1. The number of hydrogen-bond donors (Lipinski definition) is 1. The summed E-state index contributed by atoms with van der Waals surface area (Å²) in [6.45, 7) is 3.59. The lowest BCUT2D eigenvalue weighted by Crippen LogP contribution is -2.27. The lowest BCUT2D eigenvalue weighted by atomic mass is 10.2. The van der Waals surface area contributed by atoms with Gasteiger partial charge in [0.25, 0.3) is 10.1 Å². The van der Waals surface area contributed by atoms with Crippen molar-refractivity contribution in [3.05, 3.63) is 29.8 Å². The third-order valence-corrected chi connectivity index (χ3v) is 3.71. The molecule has 0 radical (unpaired) electrons. The van der Waals surface area contributed by atoms with Crippen LogP contribution < -0.4 is 0 Å². The van der Waals surface area contributed by atoms with Crippen molar-refractivity contribution in [3.63, 3.8) is 0 Å². The van der Waals surface area contributed by atoms with E-state index in [2.05, 4.69) is 0 Å². The molecular weight excluding hydrogens is 256 g/mol. The molecule has 0 fully saturated rings. The van der Waals surface area contributed by atoms with Crippen LogP contribution in [0, 0.1) is 6.92 Å². The second-order valence-electron chi connectivity index (χ2n) is 3.98. The highest BCUT2D eigenvalue weighted by Gasteiger charge is 2.26. The van der Waals surface area contributed by atoms with Crippen LogP contribution in [0.15, 0.2) is 29.2 Å². The van der Waals surface area contributed by atoms with Gasteiger partial charge in [-0.1, -0.05) is 31.0 Å². The quantitative estimate of drug-likeness (QED) is 0.800. The molecular formula is C12H16O5S. The molecule has 0 aliphatic rings. The monoisotopic (exact) mass is 272 g/mol. The van der Waals surface area contributed by atoms with Crippen LogP contribution >= 0.6 is 0 Å². The maximum absolute atomic E-state index is 11.8. The van der Waals surface area contributed by atoms with Crippen molar-refractivity contribution in [2.45, 2.75) is 37.7 Å². The molecule has 6 heteroatoms. The Morgan fingerprint density at radius 2 is 1.89 bits per heavy atom. The molecule has 0 amide bonds. The van der Waals surface area contributed by atoms with Gasteiger partial charge < -0.3 is 5.11 Å². The number of benzene rings is 1. The third kappa shape index (κ3) is 3.82. The Labute approximate surface area is 107 Å². The summed E-state index contributed by atoms with van der Waals surface area (Å²) in [6.07, 6.45) is -0.651. The number of carbonyl (C=O) groups is 1. The molecule has 1 aromatic carbocycles. The zero-order valence-electron chi connectivity index (χ0n) is 10.3. The van der Waals surface area contributed by atoms with Gasteiger partial charge in [-0.15, -0.1) is 0 Å². The lowest BCUT2D eigenvalue weighted by Gasteiger charge is -2.12. The Hall–Kier alpha value is -1.40. The number of hydrogen-bond acceptors (Lipinski definition) is 4. The molecule has 0 aliphatic carbocycles. The minimum absolute atomic E-state index is 0.0320. The third-order valence-electron chi connectivity index (χ3n) is 2.38. The number of aliphatic carboxylic acids is 1. The van der Waals surface area contributed by atoms with Gasteiger partial charge in [0.2, 0.25) is 0 Å². The van der Waals surface area contributed by atoms with Crippen LogP contribution in [0.3, 0.4) is 0 Å². The summed E-state index contributed by atoms with van der Waals surface area (Å²) in [4.78, 5) is 10.8. The molecule has 100 valence electrons. The van der Waals surface area contributed by atoms with Crippen LogP contribution in [0.4, 0.5) is 0 Å². The summed E-state index contributed by atoms with van der Waals surface area (Å²) in [7, 11) is -4.02. The zero-order chi connectivity index (χ0) is 13.8. The fourth-order valence-electron chi connectivity index (χ4n) is 1.39. The summed E-state index contributed by atoms with van der Waals surface area (Å²) in [6, 6.07) is 6.06. The molecule has 0 bridgehead atoms. The van der Waals surface area contributed by atoms with Gasteiger partial charge in [0.1, 0.15) is 0 Å². The van der Waals surface area contributed by atoms with E-state index in [9.17, 15) is 13.2 Å². The molecule has 0 aromatic heterocycles. The molecule has 0 heterocycles. The van der Waals surface area contributed by atoms with Crippen LogP contribution in [0.25, 0.3) is 0 Å². The zero-order valence-corrected chi connectivity index (χ0v) is 11.1. The molecule has 5 nitrogen and oxygen atoms in total. The van der Waals surface area contributed by atoms with Crippen LogP contribution in [0.5, 0.6) is 0 Å². The van der Waals surface area contributed by atoms with Crippen molar-refractivity contribution >= 4 is 16.1 Å². The first-order valence-corrected chi connectivity index (χ1v) is 7.00. The number of carboxylic acid groups (broad SMARTS) is 1. The second kappa shape index (κ2) is 5.97. The van der Waals surface area contributed by atoms with Crippen molar-refractivity contribution in [2.24, 2.45) is 0 Å². The molecule has 0 saturated heterocycles. The predicted octanol–water partition coefficient (Wildman–Crippen LogP) is 1.95. The van der Waals surface area contributed by atoms with E-state index in [-0.39, 0.29) is 11.3 Å². The van der Waals surface area contributed by atoms with Gasteiger partial charge in [0, 0.05) is 0 Å². The molecule has 18 heavy (non-hydrogen) atoms. The fourth-order valence-corrected chi connectivity index (χ4v) is 2.45. The number of rotatable bonds is 6. The topological polar surface area (TPSA) is 80.7 Å². The van der Waals surface area contributed by atoms with Gasteiger partial charge in [-0.3, -0.25) is 4.18 Å². The molecule has 0 saturated carbocycles. The van der Waals surface area contributed by atoms with Gasteiger partial charge in [-0.2, -0.15) is 8.42 Å². The molecule has 1 N–H and O–H groups in total. The van der Waals surface area contributed by atoms with Gasteiger partial charge in [0.05, 0.1) is 4.90 Å². The lowest BCUT2D eigenvalue weighted by molar-refractivity contribution is -0.145. The van der Waals surface area contributed by atoms with Crippen LogP contribution in [0.2, 0.25) is 0 Å². The van der Waals surface area contributed by atoms with E-state index in [1.54, 1.807) is 19.1 Å². The van der Waals surface area contributed by atoms with E-state index in [1.807, 2.05) is 6.92 Å². The Morgan fingerprint density at radius 1 is 1.33 bits per heavy atom. The first kappa shape index (κ1) is 14.7. The minimum Gasteiger partial charge on any atom is -0.479 e. The Balaban J connectivity index is 2.93. The maximum atomic E-state index is 11.8. The largest absolute Gasteiger partial charge is 0.479 e. The normalized spacial score (nSPS) is 13.2. The van der Waals surface area contributed by atoms with Gasteiger partial charge in [0.15, 0.2) is 6.10 Å². The molecule has 1 atom stereocenters. The Kier molecular flexibility index (Phi) is 4.86. The summed E-state index contributed by atoms with van der Waals surface area (Å²) in [5.74, 6) is -1.27. The Bertz CT molecular complexity index is 504. The van der Waals surface area contributed by atoms with Crippen molar-refractivity contribution in [1.29, 1.82) is 0 Å². The van der Waals surface area contributed by atoms with E-state index < -0.39 is 22.2 Å². The van der Waals surface area contributed by atoms with Crippen molar-refractivity contribution < 1.29 is 22.5 Å². The Morgan fingerprint density at radius 3 is 2.33 bits per heavy atom. The highest BCUT2D eigenvalue weighted by Crippen LogP contribution is 2.17. The van der Waals surface area contributed by atoms with Crippen molar-refractivity contribution in [2.75, 3.05) is 0 Å². The standard InChI is InChI=1S/C12H16O5S/c1-3-4-11(12(13)14)17-18(15,16)10-7-5-9(2)6-8-10/h5-8,11H,3-4H2,1-2H3,(H,13,14)/t11-/m0/s1. The molecule has 1 rings (SSSR count). The summed E-state index contributed by atoms with van der Waals surface area (Å²) in [5, 5.41) is 8.87. The predicted molar refractivity (Wildman–Crippen MR) is 65.8 cm³/mol. The molecule has 0 aliphatic heterocycles. The van der Waals surface area contributed by atoms with Crippen molar-refractivity contribution in [3.8, 4) is 0 Å². The van der Waals surface area contributed by atoms with E-state index in [4.69, 9.17) is 9.29 Å². The van der Waals surface area contributed by atoms with Crippen LogP contribution in [-0.4, -0.2) is 25.6 Å². The first-order chi connectivity index (χ1) is 8.36. The van der Waals surface area contributed by atoms with Gasteiger partial charge in [-0.25, -0.2) is 4.79 Å². The van der Waals surface area contributed by atoms with Crippen LogP contribution in [0.1, 0.15) is 25.3 Å². The van der Waals surface area contributed by atoms with Crippen LogP contribution in [-0.2, 0) is 19.1 Å². The second-order valence-corrected chi connectivity index (χ2v) is 5.55. The smallest absolute Gasteiger partial charge is 0.334 e. The van der Waals surface area contributed by atoms with E-state index in [0.29, 0.717) is 6.42 Å². The number of carboxylic acids is 1. The average Bonchev–Trinajstić information content (AvgIpc) is 2.28.